The third-order valence-corrected chi connectivity index (χ3v) is 6.53. The summed E-state index contributed by atoms with van der Waals surface area (Å²) in [7, 11) is 0. The summed E-state index contributed by atoms with van der Waals surface area (Å²) in [5.41, 5.74) is 0.901. The number of alkyl halides is 3. The van der Waals surface area contributed by atoms with Gasteiger partial charge in [0, 0.05) is 23.5 Å². The van der Waals surface area contributed by atoms with Gasteiger partial charge < -0.3 is 15.0 Å². The van der Waals surface area contributed by atoms with Gasteiger partial charge in [-0.15, -0.1) is 5.10 Å². The van der Waals surface area contributed by atoms with Gasteiger partial charge >= 0.3 is 6.18 Å². The third kappa shape index (κ3) is 3.54. The van der Waals surface area contributed by atoms with E-state index in [4.69, 9.17) is 4.74 Å². The van der Waals surface area contributed by atoms with Crippen molar-refractivity contribution in [2.24, 2.45) is 0 Å². The van der Waals surface area contributed by atoms with Crippen LogP contribution in [0.3, 0.4) is 0 Å². The van der Waals surface area contributed by atoms with E-state index in [-0.39, 0.29) is 11.7 Å². The van der Waals surface area contributed by atoms with E-state index in [9.17, 15) is 13.2 Å². The van der Waals surface area contributed by atoms with Gasteiger partial charge in [0.15, 0.2) is 5.82 Å². The zero-order chi connectivity index (χ0) is 22.6. The van der Waals surface area contributed by atoms with Crippen molar-refractivity contribution >= 4 is 22.4 Å². The summed E-state index contributed by atoms with van der Waals surface area (Å²) in [6, 6.07) is 6.17. The van der Waals surface area contributed by atoms with E-state index in [0.717, 1.165) is 41.3 Å². The Balaban J connectivity index is 1.50. The molecule has 2 bridgehead atoms. The number of fused-ring (bicyclic) bond motifs is 3. The molecule has 9 heteroatoms. The fraction of sp³-hybridized carbons (Fsp3) is 0.435. The van der Waals surface area contributed by atoms with Gasteiger partial charge in [0.25, 0.3) is 0 Å². The predicted molar refractivity (Wildman–Crippen MR) is 116 cm³/mol. The summed E-state index contributed by atoms with van der Waals surface area (Å²) < 4.78 is 45.8. The second-order valence-corrected chi connectivity index (χ2v) is 8.60. The van der Waals surface area contributed by atoms with Crippen molar-refractivity contribution in [3.8, 4) is 0 Å². The summed E-state index contributed by atoms with van der Waals surface area (Å²) in [5, 5.41) is 13.6. The van der Waals surface area contributed by atoms with Crippen molar-refractivity contribution in [3.63, 3.8) is 0 Å². The minimum absolute atomic E-state index is 0.208. The molecule has 4 heterocycles. The predicted octanol–water partition coefficient (Wildman–Crippen LogP) is 4.81. The fourth-order valence-corrected chi connectivity index (χ4v) is 4.82. The molecule has 32 heavy (non-hydrogen) atoms. The highest BCUT2D eigenvalue weighted by Gasteiger charge is 2.39. The molecule has 3 aromatic rings. The Morgan fingerprint density at radius 1 is 1.19 bits per heavy atom. The van der Waals surface area contributed by atoms with Gasteiger partial charge in [0.2, 0.25) is 0 Å². The van der Waals surface area contributed by atoms with Gasteiger partial charge in [0.1, 0.15) is 5.82 Å². The molecule has 168 valence electrons. The van der Waals surface area contributed by atoms with Crippen molar-refractivity contribution in [2.75, 3.05) is 23.4 Å². The average Bonchev–Trinajstić information content (AvgIpc) is 3.38. The molecule has 2 aliphatic heterocycles. The number of ether oxygens (including phenoxy) is 1. The van der Waals surface area contributed by atoms with Crippen LogP contribution in [0.25, 0.3) is 10.8 Å². The average molecular weight is 443 g/mol. The van der Waals surface area contributed by atoms with E-state index in [0.29, 0.717) is 24.0 Å². The van der Waals surface area contributed by atoms with Crippen LogP contribution in [0.1, 0.15) is 41.8 Å². The SMILES string of the molecule is Cc1c([C@@H](C)Nc2nnc(C)c3cnc(N4C[C@H]5CC4CO5)cc23)cccc1C(F)(F)F. The standard InChI is InChI=1S/C23H24F3N5O/c1-12-17(5-4-6-20(12)23(24,25)26)13(2)28-22-18-8-21(27-9-19(18)14(3)29-30-22)31-10-16-7-15(31)11-32-16/h4-6,8-9,13,15-16H,7,10-11H2,1-3H3,(H,28,30)/t13-,15?,16-/m1/s1. The topological polar surface area (TPSA) is 63.2 Å². The van der Waals surface area contributed by atoms with Crippen LogP contribution in [0.5, 0.6) is 0 Å². The lowest BCUT2D eigenvalue weighted by Gasteiger charge is -2.28. The normalized spacial score (nSPS) is 21.4. The van der Waals surface area contributed by atoms with Crippen molar-refractivity contribution in [1.29, 1.82) is 0 Å². The number of aryl methyl sites for hydroxylation is 1. The van der Waals surface area contributed by atoms with E-state index < -0.39 is 17.8 Å². The Hall–Kier alpha value is -2.94. The lowest BCUT2D eigenvalue weighted by Crippen LogP contribution is -2.37. The minimum atomic E-state index is -4.39. The molecule has 1 N–H and O–H groups in total. The van der Waals surface area contributed by atoms with Crippen molar-refractivity contribution in [3.05, 3.63) is 52.8 Å². The molecule has 0 radical (unpaired) electrons. The fourth-order valence-electron chi connectivity index (χ4n) is 4.82. The molecular formula is C23H24F3N5O. The molecule has 0 saturated carbocycles. The molecule has 3 atom stereocenters. The molecule has 5 rings (SSSR count). The van der Waals surface area contributed by atoms with Crippen LogP contribution in [0.15, 0.2) is 30.5 Å². The number of nitrogens with one attached hydrogen (secondary N) is 1. The second kappa shape index (κ2) is 7.58. The van der Waals surface area contributed by atoms with E-state index >= 15 is 0 Å². The largest absolute Gasteiger partial charge is 0.416 e. The quantitative estimate of drug-likeness (QED) is 0.624. The van der Waals surface area contributed by atoms with Crippen molar-refractivity contribution in [1.82, 2.24) is 15.2 Å². The van der Waals surface area contributed by atoms with Crippen molar-refractivity contribution in [2.45, 2.75) is 51.6 Å². The van der Waals surface area contributed by atoms with Gasteiger partial charge in [-0.1, -0.05) is 12.1 Å². The van der Waals surface area contributed by atoms with E-state index in [1.807, 2.05) is 19.9 Å². The molecular weight excluding hydrogens is 419 g/mol. The molecule has 0 spiro atoms. The first kappa shape index (κ1) is 20.9. The Bertz CT molecular complexity index is 1180. The van der Waals surface area contributed by atoms with Crippen LogP contribution in [-0.4, -0.2) is 40.5 Å². The van der Waals surface area contributed by atoms with Crippen LogP contribution in [0, 0.1) is 13.8 Å². The molecule has 0 amide bonds. The maximum atomic E-state index is 13.4. The minimum Gasteiger partial charge on any atom is -0.374 e. The third-order valence-electron chi connectivity index (χ3n) is 6.53. The lowest BCUT2D eigenvalue weighted by molar-refractivity contribution is -0.138. The molecule has 2 fully saturated rings. The van der Waals surface area contributed by atoms with Gasteiger partial charge in [-0.2, -0.15) is 18.3 Å². The first-order valence-corrected chi connectivity index (χ1v) is 10.7. The molecule has 2 saturated heterocycles. The summed E-state index contributed by atoms with van der Waals surface area (Å²) >= 11 is 0. The smallest absolute Gasteiger partial charge is 0.374 e. The Morgan fingerprint density at radius 2 is 2.00 bits per heavy atom. The highest BCUT2D eigenvalue weighted by molar-refractivity contribution is 5.94. The summed E-state index contributed by atoms with van der Waals surface area (Å²) in [6.45, 7) is 6.71. The number of rotatable bonds is 4. The number of morpholine rings is 1. The maximum Gasteiger partial charge on any atom is 0.416 e. The number of hydrogen-bond acceptors (Lipinski definition) is 6. The summed E-state index contributed by atoms with van der Waals surface area (Å²) in [4.78, 5) is 6.91. The molecule has 2 aromatic heterocycles. The van der Waals surface area contributed by atoms with Crippen LogP contribution < -0.4 is 10.2 Å². The number of pyridine rings is 1. The monoisotopic (exact) mass is 443 g/mol. The van der Waals surface area contributed by atoms with Gasteiger partial charge in [-0.3, -0.25) is 0 Å². The van der Waals surface area contributed by atoms with Crippen molar-refractivity contribution < 1.29 is 17.9 Å². The van der Waals surface area contributed by atoms with Crippen LogP contribution in [-0.2, 0) is 10.9 Å². The highest BCUT2D eigenvalue weighted by Crippen LogP contribution is 2.37. The number of anilines is 2. The molecule has 6 nitrogen and oxygen atoms in total. The van der Waals surface area contributed by atoms with Crippen LogP contribution in [0.2, 0.25) is 0 Å². The highest BCUT2D eigenvalue weighted by atomic mass is 19.4. The number of benzene rings is 1. The van der Waals surface area contributed by atoms with Gasteiger partial charge in [-0.05, 0) is 50.5 Å². The molecule has 1 aromatic carbocycles. The summed E-state index contributed by atoms with van der Waals surface area (Å²) in [6.07, 6.45) is -1.34. The van der Waals surface area contributed by atoms with E-state index in [2.05, 4.69) is 25.4 Å². The number of halogens is 3. The zero-order valence-electron chi connectivity index (χ0n) is 18.1. The number of aromatic nitrogens is 3. The Kier molecular flexibility index (Phi) is 4.96. The number of hydrogen-bond donors (Lipinski definition) is 1. The number of nitrogens with zero attached hydrogens (tertiary/aromatic N) is 4. The van der Waals surface area contributed by atoms with Crippen LogP contribution >= 0.6 is 0 Å². The first-order chi connectivity index (χ1) is 15.2. The van der Waals surface area contributed by atoms with E-state index in [1.165, 1.54) is 13.0 Å². The second-order valence-electron chi connectivity index (χ2n) is 8.60. The lowest BCUT2D eigenvalue weighted by atomic mass is 9.97. The van der Waals surface area contributed by atoms with E-state index in [1.54, 1.807) is 12.3 Å². The first-order valence-electron chi connectivity index (χ1n) is 10.7. The van der Waals surface area contributed by atoms with Gasteiger partial charge in [-0.25, -0.2) is 4.98 Å². The van der Waals surface area contributed by atoms with Gasteiger partial charge in [0.05, 0.1) is 36.1 Å². The maximum absolute atomic E-state index is 13.4. The Labute approximate surface area is 183 Å². The summed E-state index contributed by atoms with van der Waals surface area (Å²) in [5.74, 6) is 1.38. The zero-order valence-corrected chi connectivity index (χ0v) is 18.1. The molecule has 2 aliphatic rings. The molecule has 0 aliphatic carbocycles. The van der Waals surface area contributed by atoms with Crippen LogP contribution in [0.4, 0.5) is 24.8 Å². The Morgan fingerprint density at radius 3 is 2.69 bits per heavy atom. The molecule has 1 unspecified atom stereocenters.